The third kappa shape index (κ3) is 1.65. The Hall–Kier alpha value is -1.90. The molecule has 0 saturated carbocycles. The fourth-order valence-electron chi connectivity index (χ4n) is 1.61. The number of aryl methyl sites for hydroxylation is 1. The van der Waals surface area contributed by atoms with Crippen LogP contribution in [0.4, 0.5) is 4.39 Å². The first-order valence-corrected chi connectivity index (χ1v) is 5.13. The van der Waals surface area contributed by atoms with Crippen molar-refractivity contribution in [3.8, 4) is 5.69 Å². The number of hydrogen-bond donors (Lipinski definition) is 0. The van der Waals surface area contributed by atoms with E-state index in [2.05, 4.69) is 18.1 Å². The van der Waals surface area contributed by atoms with E-state index >= 15 is 0 Å². The van der Waals surface area contributed by atoms with Gasteiger partial charge in [-0.3, -0.25) is 4.57 Å². The van der Waals surface area contributed by atoms with Crippen molar-refractivity contribution >= 4 is 13.2 Å². The smallest absolute Gasteiger partial charge is 0.128 e. The van der Waals surface area contributed by atoms with E-state index in [1.54, 1.807) is 17.0 Å². The van der Waals surface area contributed by atoms with E-state index in [-0.39, 0.29) is 5.82 Å². The minimum Gasteiger partial charge on any atom is -0.299 e. The van der Waals surface area contributed by atoms with Gasteiger partial charge in [0.1, 0.15) is 12.1 Å². The Kier molecular flexibility index (Phi) is 2.60. The molecule has 0 bridgehead atoms. The molecule has 0 N–H and O–H groups in total. The third-order valence-corrected chi connectivity index (χ3v) is 2.65. The van der Waals surface area contributed by atoms with Gasteiger partial charge in [-0.2, -0.15) is 0 Å². The van der Waals surface area contributed by atoms with Crippen molar-refractivity contribution in [3.05, 3.63) is 46.6 Å². The second-order valence-corrected chi connectivity index (χ2v) is 3.64. The third-order valence-electron chi connectivity index (χ3n) is 2.65. The van der Waals surface area contributed by atoms with Crippen LogP contribution in [0.5, 0.6) is 0 Å². The highest BCUT2D eigenvalue weighted by Crippen LogP contribution is 2.12. The van der Waals surface area contributed by atoms with Crippen LogP contribution in [0.15, 0.2) is 24.5 Å². The molecule has 2 aromatic rings. The first-order valence-electron chi connectivity index (χ1n) is 5.13. The lowest BCUT2D eigenvalue weighted by molar-refractivity contribution is 0.611. The zero-order valence-electron chi connectivity index (χ0n) is 9.20. The first kappa shape index (κ1) is 10.6. The lowest BCUT2D eigenvalue weighted by atomic mass is 10.1. The highest BCUT2D eigenvalue weighted by atomic mass is 19.1. The van der Waals surface area contributed by atoms with Crippen LogP contribution in [0, 0.1) is 5.82 Å². The lowest BCUT2D eigenvalue weighted by Gasteiger charge is -2.05. The molecule has 0 aliphatic carbocycles. The summed E-state index contributed by atoms with van der Waals surface area (Å²) in [7, 11) is 0. The summed E-state index contributed by atoms with van der Waals surface area (Å²) in [6.07, 6.45) is 2.29. The van der Waals surface area contributed by atoms with Gasteiger partial charge in [0.25, 0.3) is 0 Å². The van der Waals surface area contributed by atoms with Gasteiger partial charge in [0, 0.05) is 0 Å². The topological polar surface area (TPSA) is 17.8 Å². The number of benzene rings is 1. The minimum atomic E-state index is -0.196. The van der Waals surface area contributed by atoms with E-state index in [4.69, 9.17) is 0 Å². The van der Waals surface area contributed by atoms with Crippen LogP contribution >= 0.6 is 0 Å². The average molecular weight is 216 g/mol. The molecule has 16 heavy (non-hydrogen) atoms. The molecule has 82 valence electrons. The molecule has 2 rings (SSSR count). The van der Waals surface area contributed by atoms with Gasteiger partial charge in [-0.1, -0.05) is 26.1 Å². The maximum atomic E-state index is 13.6. The number of hydrogen-bond acceptors (Lipinski definition) is 1. The van der Waals surface area contributed by atoms with E-state index in [1.807, 2.05) is 13.0 Å². The Labute approximate surface area is 93.4 Å². The lowest BCUT2D eigenvalue weighted by Crippen LogP contribution is -2.26. The van der Waals surface area contributed by atoms with Gasteiger partial charge in [0.2, 0.25) is 0 Å². The van der Waals surface area contributed by atoms with Gasteiger partial charge >= 0.3 is 0 Å². The van der Waals surface area contributed by atoms with Crippen LogP contribution in [0.25, 0.3) is 18.8 Å². The second kappa shape index (κ2) is 3.93. The minimum absolute atomic E-state index is 0.196. The predicted octanol–water partition coefficient (Wildman–Crippen LogP) is 1.39. The summed E-state index contributed by atoms with van der Waals surface area (Å²) in [6.45, 7) is 9.51. The molecule has 0 spiro atoms. The van der Waals surface area contributed by atoms with Crippen molar-refractivity contribution in [2.24, 2.45) is 0 Å². The Morgan fingerprint density at radius 2 is 2.12 bits per heavy atom. The van der Waals surface area contributed by atoms with Crippen LogP contribution in [0.2, 0.25) is 0 Å². The molecule has 3 heteroatoms. The van der Waals surface area contributed by atoms with Crippen LogP contribution < -0.4 is 10.7 Å². The zero-order valence-corrected chi connectivity index (χ0v) is 9.20. The Morgan fingerprint density at radius 1 is 1.38 bits per heavy atom. The molecule has 1 aromatic carbocycles. The molecule has 1 heterocycles. The number of imidazole rings is 1. The Morgan fingerprint density at radius 3 is 2.62 bits per heavy atom. The van der Waals surface area contributed by atoms with Crippen molar-refractivity contribution in [1.82, 2.24) is 9.55 Å². The van der Waals surface area contributed by atoms with Gasteiger partial charge in [0.15, 0.2) is 0 Å². The predicted molar refractivity (Wildman–Crippen MR) is 63.2 cm³/mol. The summed E-state index contributed by atoms with van der Waals surface area (Å²) in [5.41, 5.74) is 1.44. The molecule has 0 unspecified atom stereocenters. The molecule has 0 aliphatic heterocycles. The summed E-state index contributed by atoms with van der Waals surface area (Å²) in [4.78, 5) is 4.03. The molecule has 0 aliphatic rings. The Bertz CT molecular complexity index is 613. The van der Waals surface area contributed by atoms with E-state index < -0.39 is 0 Å². The van der Waals surface area contributed by atoms with Gasteiger partial charge in [-0.15, -0.1) is 0 Å². The summed E-state index contributed by atoms with van der Waals surface area (Å²) in [6, 6.07) is 5.14. The maximum Gasteiger partial charge on any atom is 0.128 e. The summed E-state index contributed by atoms with van der Waals surface area (Å²) >= 11 is 0. The number of aromatic nitrogens is 2. The maximum absolute atomic E-state index is 13.6. The molecule has 0 saturated heterocycles. The van der Waals surface area contributed by atoms with Crippen LogP contribution in [0.3, 0.4) is 0 Å². The van der Waals surface area contributed by atoms with E-state index in [1.165, 1.54) is 6.07 Å². The van der Waals surface area contributed by atoms with Crippen LogP contribution in [-0.2, 0) is 6.42 Å². The highest BCUT2D eigenvalue weighted by Gasteiger charge is 2.04. The standard InChI is InChI=1S/C13H13FN2/c1-4-11-5-6-12(7-13(11)14)16-8-15-9(2)10(16)3/h5-8H,2-4H2,1H3. The van der Waals surface area contributed by atoms with Gasteiger partial charge in [-0.25, -0.2) is 9.37 Å². The summed E-state index contributed by atoms with van der Waals surface area (Å²) in [5, 5.41) is 1.30. The van der Waals surface area contributed by atoms with E-state index in [0.717, 1.165) is 5.69 Å². The fourth-order valence-corrected chi connectivity index (χ4v) is 1.61. The number of halogens is 1. The van der Waals surface area contributed by atoms with E-state index in [0.29, 0.717) is 22.7 Å². The first-order chi connectivity index (χ1) is 7.63. The Balaban J connectivity index is 2.58. The second-order valence-electron chi connectivity index (χ2n) is 3.64. The monoisotopic (exact) mass is 216 g/mol. The molecule has 2 nitrogen and oxygen atoms in total. The average Bonchev–Trinajstić information content (AvgIpc) is 2.60. The van der Waals surface area contributed by atoms with Crippen LogP contribution in [0.1, 0.15) is 12.5 Å². The number of rotatable bonds is 2. The zero-order chi connectivity index (χ0) is 11.7. The van der Waals surface area contributed by atoms with Crippen molar-refractivity contribution in [2.75, 3.05) is 0 Å². The summed E-state index contributed by atoms with van der Waals surface area (Å²) in [5.74, 6) is -0.196. The van der Waals surface area contributed by atoms with Crippen molar-refractivity contribution < 1.29 is 4.39 Å². The van der Waals surface area contributed by atoms with Gasteiger partial charge in [0.05, 0.1) is 16.4 Å². The molecular formula is C13H13FN2. The molecule has 0 amide bonds. The van der Waals surface area contributed by atoms with Crippen molar-refractivity contribution in [2.45, 2.75) is 13.3 Å². The number of nitrogens with zero attached hydrogens (tertiary/aromatic N) is 2. The van der Waals surface area contributed by atoms with Gasteiger partial charge < -0.3 is 0 Å². The molecule has 0 radical (unpaired) electrons. The molecule has 0 atom stereocenters. The fraction of sp³-hybridized carbons (Fsp3) is 0.154. The molecular weight excluding hydrogens is 203 g/mol. The molecule has 0 fully saturated rings. The molecule has 1 aromatic heterocycles. The van der Waals surface area contributed by atoms with Crippen molar-refractivity contribution in [1.29, 1.82) is 0 Å². The van der Waals surface area contributed by atoms with E-state index in [9.17, 15) is 4.39 Å². The largest absolute Gasteiger partial charge is 0.299 e. The summed E-state index contributed by atoms with van der Waals surface area (Å²) < 4.78 is 15.3. The van der Waals surface area contributed by atoms with Crippen LogP contribution in [-0.4, -0.2) is 9.55 Å². The normalized spacial score (nSPS) is 10.6. The highest BCUT2D eigenvalue weighted by molar-refractivity contribution is 5.36. The quantitative estimate of drug-likeness (QED) is 0.742. The SMILES string of the molecule is C=c1ncn(-c2ccc(CC)c(F)c2)c1=C. The van der Waals surface area contributed by atoms with Crippen molar-refractivity contribution in [3.63, 3.8) is 0 Å². The van der Waals surface area contributed by atoms with Gasteiger partial charge in [-0.05, 0) is 24.1 Å².